The molecule has 2 rings (SSSR count). The topological polar surface area (TPSA) is 88.5 Å². The smallest absolute Gasteiger partial charge is 0.341 e. The monoisotopic (exact) mass is 306 g/mol. The molecule has 0 bridgehead atoms. The van der Waals surface area contributed by atoms with Crippen molar-refractivity contribution in [2.24, 2.45) is 0 Å². The summed E-state index contributed by atoms with van der Waals surface area (Å²) >= 11 is 1.40. The summed E-state index contributed by atoms with van der Waals surface area (Å²) in [5, 5.41) is 11.8. The summed E-state index contributed by atoms with van der Waals surface area (Å²) in [6, 6.07) is 6.98. The normalized spacial score (nSPS) is 10.2. The van der Waals surface area contributed by atoms with Crippen molar-refractivity contribution < 1.29 is 19.4 Å². The van der Waals surface area contributed by atoms with Crippen LogP contribution in [0.15, 0.2) is 24.3 Å². The number of amides is 1. The molecule has 1 amide bonds. The Morgan fingerprint density at radius 1 is 1.33 bits per heavy atom. The highest BCUT2D eigenvalue weighted by molar-refractivity contribution is 7.16. The Bertz CT molecular complexity index is 664. The maximum absolute atomic E-state index is 11.0. The number of benzene rings is 1. The standard InChI is InChI=1S/C14H14N2O4S/c1-8-13(16-14(21-8)15-9(2)17)10-3-5-11(6-4-10)20-7-12(18)19/h3-6H,7H2,1-2H3,(H,18,19)(H,15,16,17). The predicted molar refractivity (Wildman–Crippen MR) is 79.7 cm³/mol. The molecule has 2 aromatic rings. The van der Waals surface area contributed by atoms with E-state index in [1.54, 1.807) is 24.3 Å². The second-order valence-corrected chi connectivity index (χ2v) is 5.51. The minimum absolute atomic E-state index is 0.160. The quantitative estimate of drug-likeness (QED) is 0.886. The third-order valence-corrected chi connectivity index (χ3v) is 3.46. The summed E-state index contributed by atoms with van der Waals surface area (Å²) in [7, 11) is 0. The minimum Gasteiger partial charge on any atom is -0.482 e. The Labute approximate surface area is 125 Å². The average molecular weight is 306 g/mol. The van der Waals surface area contributed by atoms with Gasteiger partial charge in [-0.05, 0) is 31.2 Å². The second-order valence-electron chi connectivity index (χ2n) is 4.31. The average Bonchev–Trinajstić information content (AvgIpc) is 2.77. The van der Waals surface area contributed by atoms with Crippen LogP contribution in [0.5, 0.6) is 5.75 Å². The van der Waals surface area contributed by atoms with Crippen LogP contribution in [0.4, 0.5) is 5.13 Å². The summed E-state index contributed by atoms with van der Waals surface area (Å²) in [6.07, 6.45) is 0. The number of aliphatic carboxylic acids is 1. The van der Waals surface area contributed by atoms with E-state index in [0.29, 0.717) is 10.9 Å². The van der Waals surface area contributed by atoms with Crippen LogP contribution in [0, 0.1) is 6.92 Å². The van der Waals surface area contributed by atoms with E-state index >= 15 is 0 Å². The molecule has 0 saturated carbocycles. The highest BCUT2D eigenvalue weighted by Crippen LogP contribution is 2.31. The van der Waals surface area contributed by atoms with Crippen LogP contribution in [-0.2, 0) is 9.59 Å². The van der Waals surface area contributed by atoms with Gasteiger partial charge in [0.15, 0.2) is 11.7 Å². The summed E-state index contributed by atoms with van der Waals surface area (Å²) in [4.78, 5) is 26.8. The van der Waals surface area contributed by atoms with Crippen molar-refractivity contribution in [3.8, 4) is 17.0 Å². The zero-order chi connectivity index (χ0) is 15.4. The first-order chi connectivity index (χ1) is 9.95. The number of aromatic nitrogens is 1. The molecule has 1 heterocycles. The molecule has 0 atom stereocenters. The van der Waals surface area contributed by atoms with Crippen molar-refractivity contribution in [1.82, 2.24) is 4.98 Å². The fourth-order valence-corrected chi connectivity index (χ4v) is 2.60. The van der Waals surface area contributed by atoms with E-state index in [-0.39, 0.29) is 12.5 Å². The van der Waals surface area contributed by atoms with Gasteiger partial charge in [0.05, 0.1) is 5.69 Å². The molecule has 0 radical (unpaired) electrons. The van der Waals surface area contributed by atoms with E-state index in [1.165, 1.54) is 18.3 Å². The Kier molecular flexibility index (Phi) is 4.54. The van der Waals surface area contributed by atoms with Gasteiger partial charge in [0.2, 0.25) is 5.91 Å². The number of anilines is 1. The molecule has 7 heteroatoms. The van der Waals surface area contributed by atoms with E-state index in [4.69, 9.17) is 9.84 Å². The number of carboxylic acid groups (broad SMARTS) is 1. The molecule has 110 valence electrons. The van der Waals surface area contributed by atoms with Crippen LogP contribution in [-0.4, -0.2) is 28.6 Å². The van der Waals surface area contributed by atoms with Crippen molar-refractivity contribution in [3.63, 3.8) is 0 Å². The molecule has 0 unspecified atom stereocenters. The predicted octanol–water partition coefficient (Wildman–Crippen LogP) is 2.54. The van der Waals surface area contributed by atoms with Gasteiger partial charge < -0.3 is 15.2 Å². The first-order valence-corrected chi connectivity index (χ1v) is 6.97. The number of carbonyl (C=O) groups excluding carboxylic acids is 1. The van der Waals surface area contributed by atoms with Gasteiger partial charge in [0.1, 0.15) is 5.75 Å². The number of ether oxygens (including phenoxy) is 1. The number of nitrogens with one attached hydrogen (secondary N) is 1. The van der Waals surface area contributed by atoms with Crippen molar-refractivity contribution in [3.05, 3.63) is 29.1 Å². The zero-order valence-corrected chi connectivity index (χ0v) is 12.4. The van der Waals surface area contributed by atoms with Crippen LogP contribution < -0.4 is 10.1 Å². The molecule has 21 heavy (non-hydrogen) atoms. The Morgan fingerprint density at radius 3 is 2.57 bits per heavy atom. The SMILES string of the molecule is CC(=O)Nc1nc(-c2ccc(OCC(=O)O)cc2)c(C)s1. The van der Waals surface area contributed by atoms with E-state index in [0.717, 1.165) is 16.1 Å². The van der Waals surface area contributed by atoms with Crippen molar-refractivity contribution >= 4 is 28.3 Å². The van der Waals surface area contributed by atoms with Crippen LogP contribution in [0.1, 0.15) is 11.8 Å². The van der Waals surface area contributed by atoms with E-state index in [1.807, 2.05) is 6.92 Å². The van der Waals surface area contributed by atoms with Crippen molar-refractivity contribution in [2.45, 2.75) is 13.8 Å². The van der Waals surface area contributed by atoms with Crippen LogP contribution >= 0.6 is 11.3 Å². The fraction of sp³-hybridized carbons (Fsp3) is 0.214. The molecular weight excluding hydrogens is 292 g/mol. The molecule has 1 aromatic carbocycles. The second kappa shape index (κ2) is 6.36. The minimum atomic E-state index is -1.02. The molecule has 1 aromatic heterocycles. The van der Waals surface area contributed by atoms with E-state index in [9.17, 15) is 9.59 Å². The lowest BCUT2D eigenvalue weighted by Crippen LogP contribution is -2.09. The van der Waals surface area contributed by atoms with Gasteiger partial charge in [-0.25, -0.2) is 9.78 Å². The summed E-state index contributed by atoms with van der Waals surface area (Å²) in [5.41, 5.74) is 1.66. The molecule has 0 aliphatic heterocycles. The van der Waals surface area contributed by atoms with Crippen LogP contribution in [0.3, 0.4) is 0 Å². The van der Waals surface area contributed by atoms with Gasteiger partial charge in [0, 0.05) is 17.4 Å². The number of hydrogen-bond donors (Lipinski definition) is 2. The lowest BCUT2D eigenvalue weighted by atomic mass is 10.1. The van der Waals surface area contributed by atoms with Gasteiger partial charge in [-0.2, -0.15) is 0 Å². The summed E-state index contributed by atoms with van der Waals surface area (Å²) in [5.74, 6) is -0.696. The number of hydrogen-bond acceptors (Lipinski definition) is 5. The largest absolute Gasteiger partial charge is 0.482 e. The lowest BCUT2D eigenvalue weighted by molar-refractivity contribution is -0.139. The number of carbonyl (C=O) groups is 2. The van der Waals surface area contributed by atoms with Gasteiger partial charge >= 0.3 is 5.97 Å². The molecule has 0 aliphatic carbocycles. The lowest BCUT2D eigenvalue weighted by Gasteiger charge is -2.04. The zero-order valence-electron chi connectivity index (χ0n) is 11.5. The van der Waals surface area contributed by atoms with Gasteiger partial charge in [-0.1, -0.05) is 0 Å². The maximum Gasteiger partial charge on any atom is 0.341 e. The molecule has 0 saturated heterocycles. The Morgan fingerprint density at radius 2 is 2.00 bits per heavy atom. The first-order valence-electron chi connectivity index (χ1n) is 6.16. The third-order valence-electron chi connectivity index (χ3n) is 2.57. The van der Waals surface area contributed by atoms with Gasteiger partial charge in [-0.15, -0.1) is 11.3 Å². The summed E-state index contributed by atoms with van der Waals surface area (Å²) in [6.45, 7) is 2.99. The van der Waals surface area contributed by atoms with Crippen molar-refractivity contribution in [2.75, 3.05) is 11.9 Å². The van der Waals surface area contributed by atoms with Crippen LogP contribution in [0.2, 0.25) is 0 Å². The van der Waals surface area contributed by atoms with Crippen LogP contribution in [0.25, 0.3) is 11.3 Å². The highest BCUT2D eigenvalue weighted by atomic mass is 32.1. The Hall–Kier alpha value is -2.41. The number of aryl methyl sites for hydroxylation is 1. The molecule has 0 fully saturated rings. The molecule has 6 nitrogen and oxygen atoms in total. The highest BCUT2D eigenvalue weighted by Gasteiger charge is 2.11. The summed E-state index contributed by atoms with van der Waals surface area (Å²) < 4.78 is 5.07. The van der Waals surface area contributed by atoms with E-state index in [2.05, 4.69) is 10.3 Å². The number of carboxylic acids is 1. The van der Waals surface area contributed by atoms with Gasteiger partial charge in [0.25, 0.3) is 0 Å². The maximum atomic E-state index is 11.0. The number of nitrogens with zero attached hydrogens (tertiary/aromatic N) is 1. The number of rotatable bonds is 5. The first kappa shape index (κ1) is 15.0. The molecule has 0 aliphatic rings. The fourth-order valence-electron chi connectivity index (χ4n) is 1.72. The molecule has 0 spiro atoms. The van der Waals surface area contributed by atoms with Gasteiger partial charge in [-0.3, -0.25) is 4.79 Å². The molecular formula is C14H14N2O4S. The number of thiazole rings is 1. The van der Waals surface area contributed by atoms with E-state index < -0.39 is 5.97 Å². The molecule has 2 N–H and O–H groups in total. The third kappa shape index (κ3) is 4.03. The Balaban J connectivity index is 2.16. The van der Waals surface area contributed by atoms with Crippen molar-refractivity contribution in [1.29, 1.82) is 0 Å².